The van der Waals surface area contributed by atoms with E-state index in [9.17, 15) is 14.4 Å². The predicted molar refractivity (Wildman–Crippen MR) is 116 cm³/mol. The van der Waals surface area contributed by atoms with Gasteiger partial charge in [-0.25, -0.2) is 9.59 Å². The largest absolute Gasteiger partial charge is 0.451 e. The van der Waals surface area contributed by atoms with Gasteiger partial charge in [0.05, 0.1) is 0 Å². The molecule has 7 nitrogen and oxygen atoms in total. The molecule has 3 N–H and O–H groups in total. The first-order chi connectivity index (χ1) is 14.4. The van der Waals surface area contributed by atoms with E-state index >= 15 is 0 Å². The standard InChI is InChI=1S/C23H29N3O4/c1-16(2)20(26-23(29)25-19-12-8-5-9-13-19)22(28)30-17(3)21(27)24-15-14-18-10-6-4-7-11-18/h4-13,16-17,20H,14-15H2,1-3H3,(H,24,27)(H2,25,26,29)/t17-,20+/m0/s1. The fourth-order valence-electron chi connectivity index (χ4n) is 2.75. The zero-order valence-electron chi connectivity index (χ0n) is 17.6. The Bertz CT molecular complexity index is 825. The fraction of sp³-hybridized carbons (Fsp3) is 0.348. The van der Waals surface area contributed by atoms with E-state index in [2.05, 4.69) is 16.0 Å². The number of nitrogens with one attached hydrogen (secondary N) is 3. The molecule has 0 heterocycles. The van der Waals surface area contributed by atoms with Gasteiger partial charge in [-0.1, -0.05) is 62.4 Å². The van der Waals surface area contributed by atoms with Gasteiger partial charge in [0.15, 0.2) is 6.10 Å². The van der Waals surface area contributed by atoms with Gasteiger partial charge in [-0.05, 0) is 37.0 Å². The zero-order valence-corrected chi connectivity index (χ0v) is 17.6. The second kappa shape index (κ2) is 11.6. The lowest BCUT2D eigenvalue weighted by Crippen LogP contribution is -2.49. The molecule has 0 aliphatic carbocycles. The van der Waals surface area contributed by atoms with Crippen molar-refractivity contribution < 1.29 is 19.1 Å². The second-order valence-corrected chi connectivity index (χ2v) is 7.29. The Hall–Kier alpha value is -3.35. The van der Waals surface area contributed by atoms with Crippen molar-refractivity contribution in [2.75, 3.05) is 11.9 Å². The molecule has 0 unspecified atom stereocenters. The fourth-order valence-corrected chi connectivity index (χ4v) is 2.75. The zero-order chi connectivity index (χ0) is 21.9. The van der Waals surface area contributed by atoms with Gasteiger partial charge < -0.3 is 20.7 Å². The first kappa shape index (κ1) is 22.9. The minimum absolute atomic E-state index is 0.215. The molecule has 2 aromatic carbocycles. The number of carbonyl (C=O) groups excluding carboxylic acids is 3. The number of amides is 3. The lowest BCUT2D eigenvalue weighted by atomic mass is 10.0. The van der Waals surface area contributed by atoms with E-state index in [-0.39, 0.29) is 11.8 Å². The van der Waals surface area contributed by atoms with Crippen LogP contribution in [0.4, 0.5) is 10.5 Å². The molecule has 2 aromatic rings. The second-order valence-electron chi connectivity index (χ2n) is 7.29. The van der Waals surface area contributed by atoms with Crippen molar-refractivity contribution in [2.45, 2.75) is 39.3 Å². The van der Waals surface area contributed by atoms with Crippen LogP contribution in [-0.2, 0) is 20.7 Å². The van der Waals surface area contributed by atoms with E-state index in [1.54, 1.807) is 38.1 Å². The molecule has 160 valence electrons. The quantitative estimate of drug-likeness (QED) is 0.553. The van der Waals surface area contributed by atoms with Crippen molar-refractivity contribution in [1.82, 2.24) is 10.6 Å². The molecule has 0 aliphatic heterocycles. The first-order valence-electron chi connectivity index (χ1n) is 10.0. The number of hydrogen-bond donors (Lipinski definition) is 3. The molecule has 0 fully saturated rings. The van der Waals surface area contributed by atoms with Crippen molar-refractivity contribution in [3.05, 3.63) is 66.2 Å². The van der Waals surface area contributed by atoms with Crippen LogP contribution in [0.25, 0.3) is 0 Å². The Morgan fingerprint density at radius 1 is 0.900 bits per heavy atom. The highest BCUT2D eigenvalue weighted by molar-refractivity contribution is 5.93. The predicted octanol–water partition coefficient (Wildman–Crippen LogP) is 3.12. The Balaban J connectivity index is 1.82. The van der Waals surface area contributed by atoms with Crippen LogP contribution in [0.2, 0.25) is 0 Å². The average molecular weight is 412 g/mol. The first-order valence-corrected chi connectivity index (χ1v) is 10.0. The van der Waals surface area contributed by atoms with Crippen LogP contribution in [0.1, 0.15) is 26.3 Å². The third-order valence-corrected chi connectivity index (χ3v) is 4.46. The van der Waals surface area contributed by atoms with Crippen LogP contribution in [0, 0.1) is 5.92 Å². The van der Waals surface area contributed by atoms with Crippen LogP contribution in [0.15, 0.2) is 60.7 Å². The van der Waals surface area contributed by atoms with Crippen molar-refractivity contribution in [3.8, 4) is 0 Å². The smallest absolute Gasteiger partial charge is 0.329 e. The number of anilines is 1. The normalized spacial score (nSPS) is 12.5. The summed E-state index contributed by atoms with van der Waals surface area (Å²) in [6.45, 7) is 5.53. The van der Waals surface area contributed by atoms with Gasteiger partial charge in [0.1, 0.15) is 6.04 Å². The number of esters is 1. The summed E-state index contributed by atoms with van der Waals surface area (Å²) in [6.07, 6.45) is -0.281. The SMILES string of the molecule is CC(C)[C@@H](NC(=O)Nc1ccccc1)C(=O)O[C@@H](C)C(=O)NCCc1ccccc1. The Kier molecular flexibility index (Phi) is 8.87. The van der Waals surface area contributed by atoms with Crippen molar-refractivity contribution in [1.29, 1.82) is 0 Å². The lowest BCUT2D eigenvalue weighted by molar-refractivity contribution is -0.157. The minimum Gasteiger partial charge on any atom is -0.451 e. The van der Waals surface area contributed by atoms with Gasteiger partial charge in [-0.15, -0.1) is 0 Å². The summed E-state index contributed by atoms with van der Waals surface area (Å²) in [5, 5.41) is 8.04. The van der Waals surface area contributed by atoms with Crippen LogP contribution in [0.3, 0.4) is 0 Å². The highest BCUT2D eigenvalue weighted by atomic mass is 16.5. The molecule has 3 amide bonds. The number of urea groups is 1. The molecule has 0 saturated heterocycles. The van der Waals surface area contributed by atoms with E-state index in [4.69, 9.17) is 4.74 Å². The third-order valence-electron chi connectivity index (χ3n) is 4.46. The lowest BCUT2D eigenvalue weighted by Gasteiger charge is -2.23. The number of hydrogen-bond acceptors (Lipinski definition) is 4. The Labute approximate surface area is 177 Å². The maximum atomic E-state index is 12.5. The average Bonchev–Trinajstić information content (AvgIpc) is 2.73. The summed E-state index contributed by atoms with van der Waals surface area (Å²) >= 11 is 0. The summed E-state index contributed by atoms with van der Waals surface area (Å²) in [4.78, 5) is 37.0. The highest BCUT2D eigenvalue weighted by Crippen LogP contribution is 2.09. The molecule has 0 saturated carbocycles. The molecule has 0 aliphatic rings. The summed E-state index contributed by atoms with van der Waals surface area (Å²) in [5.41, 5.74) is 1.72. The monoisotopic (exact) mass is 411 g/mol. The van der Waals surface area contributed by atoms with Crippen LogP contribution in [0.5, 0.6) is 0 Å². The van der Waals surface area contributed by atoms with Crippen LogP contribution < -0.4 is 16.0 Å². The van der Waals surface area contributed by atoms with Crippen molar-refractivity contribution in [2.24, 2.45) is 5.92 Å². The van der Waals surface area contributed by atoms with Crippen LogP contribution >= 0.6 is 0 Å². The Morgan fingerprint density at radius 2 is 1.50 bits per heavy atom. The number of benzene rings is 2. The molecule has 30 heavy (non-hydrogen) atoms. The molecular weight excluding hydrogens is 382 g/mol. The molecular formula is C23H29N3O4. The van der Waals surface area contributed by atoms with Gasteiger partial charge in [0, 0.05) is 12.2 Å². The molecule has 2 atom stereocenters. The van der Waals surface area contributed by atoms with Crippen molar-refractivity contribution >= 4 is 23.6 Å². The molecule has 0 radical (unpaired) electrons. The molecule has 0 bridgehead atoms. The van der Waals surface area contributed by atoms with Gasteiger partial charge in [0.25, 0.3) is 5.91 Å². The topological polar surface area (TPSA) is 96.5 Å². The Morgan fingerprint density at radius 3 is 2.10 bits per heavy atom. The number of para-hydroxylation sites is 1. The summed E-state index contributed by atoms with van der Waals surface area (Å²) in [7, 11) is 0. The summed E-state index contributed by atoms with van der Waals surface area (Å²) in [6, 6.07) is 17.3. The van der Waals surface area contributed by atoms with E-state index in [0.717, 1.165) is 5.56 Å². The van der Waals surface area contributed by atoms with Crippen LogP contribution in [-0.4, -0.2) is 36.6 Å². The van der Waals surface area contributed by atoms with E-state index < -0.39 is 24.1 Å². The third kappa shape index (κ3) is 7.58. The highest BCUT2D eigenvalue weighted by Gasteiger charge is 2.29. The van der Waals surface area contributed by atoms with E-state index in [1.807, 2.05) is 36.4 Å². The molecule has 0 aromatic heterocycles. The summed E-state index contributed by atoms with van der Waals surface area (Å²) in [5.74, 6) is -1.25. The molecule has 0 spiro atoms. The van der Waals surface area contributed by atoms with Gasteiger partial charge in [-0.3, -0.25) is 4.79 Å². The van der Waals surface area contributed by atoms with Crippen molar-refractivity contribution in [3.63, 3.8) is 0 Å². The maximum Gasteiger partial charge on any atom is 0.329 e. The number of ether oxygens (including phenoxy) is 1. The molecule has 2 rings (SSSR count). The number of carbonyl (C=O) groups is 3. The van der Waals surface area contributed by atoms with Gasteiger partial charge in [0.2, 0.25) is 0 Å². The summed E-state index contributed by atoms with van der Waals surface area (Å²) < 4.78 is 5.30. The van der Waals surface area contributed by atoms with E-state index in [1.165, 1.54) is 6.92 Å². The maximum absolute atomic E-state index is 12.5. The van der Waals surface area contributed by atoms with Gasteiger partial charge in [-0.2, -0.15) is 0 Å². The molecule has 7 heteroatoms. The van der Waals surface area contributed by atoms with E-state index in [0.29, 0.717) is 18.7 Å². The van der Waals surface area contributed by atoms with Gasteiger partial charge >= 0.3 is 12.0 Å². The minimum atomic E-state index is -0.964. The number of rotatable bonds is 9.